The van der Waals surface area contributed by atoms with Gasteiger partial charge in [-0.15, -0.1) is 0 Å². The lowest BCUT2D eigenvalue weighted by atomic mass is 9.93. The summed E-state index contributed by atoms with van der Waals surface area (Å²) >= 11 is 0.999. The van der Waals surface area contributed by atoms with Crippen LogP contribution < -0.4 is 9.46 Å². The molecule has 2 aromatic carbocycles. The lowest BCUT2D eigenvalue weighted by molar-refractivity contribution is 0.0257. The van der Waals surface area contributed by atoms with E-state index in [2.05, 4.69) is 61.1 Å². The molecule has 1 fully saturated rings. The van der Waals surface area contributed by atoms with Crippen molar-refractivity contribution in [3.05, 3.63) is 66.0 Å². The van der Waals surface area contributed by atoms with E-state index in [4.69, 9.17) is 4.74 Å². The number of ether oxygens (including phenoxy) is 1. The zero-order valence-electron chi connectivity index (χ0n) is 18.4. The van der Waals surface area contributed by atoms with Gasteiger partial charge in [-0.1, -0.05) is 43.3 Å². The van der Waals surface area contributed by atoms with Crippen LogP contribution in [0.15, 0.2) is 59.8 Å². The van der Waals surface area contributed by atoms with Gasteiger partial charge in [-0.25, -0.2) is 13.4 Å². The van der Waals surface area contributed by atoms with Gasteiger partial charge in [-0.2, -0.15) is 4.37 Å². The van der Waals surface area contributed by atoms with Crippen LogP contribution in [0.1, 0.15) is 36.6 Å². The Balaban J connectivity index is 1.45. The van der Waals surface area contributed by atoms with Crippen LogP contribution >= 0.6 is 11.5 Å². The Bertz CT molecular complexity index is 1190. The van der Waals surface area contributed by atoms with Crippen LogP contribution in [0.5, 0.6) is 5.75 Å². The fraction of sp³-hybridized carbons (Fsp3) is 0.391. The zero-order valence-corrected chi connectivity index (χ0v) is 20.1. The van der Waals surface area contributed by atoms with Gasteiger partial charge in [0, 0.05) is 61.3 Å². The number of likely N-dealkylation sites (N-methyl/N-ethyl adjacent to an activating group) is 1. The third-order valence-electron chi connectivity index (χ3n) is 6.42. The second-order valence-corrected chi connectivity index (χ2v) is 10.7. The lowest BCUT2D eigenvalue weighted by Crippen LogP contribution is -2.50. The van der Waals surface area contributed by atoms with Crippen molar-refractivity contribution in [2.24, 2.45) is 0 Å². The summed E-state index contributed by atoms with van der Waals surface area (Å²) in [6.07, 6.45) is 2.20. The first-order valence-electron chi connectivity index (χ1n) is 11.1. The maximum Gasteiger partial charge on any atom is 0.263 e. The van der Waals surface area contributed by atoms with Gasteiger partial charge in [-0.3, -0.25) is 9.62 Å². The average Bonchev–Trinajstić information content (AvgIpc) is 3.36. The molecule has 174 valence electrons. The van der Waals surface area contributed by atoms with E-state index in [1.54, 1.807) is 12.1 Å². The van der Waals surface area contributed by atoms with Crippen LogP contribution in [0.25, 0.3) is 0 Å². The third kappa shape index (κ3) is 4.61. The molecule has 2 atom stereocenters. The summed E-state index contributed by atoms with van der Waals surface area (Å²) in [7, 11) is -3.77. The number of benzene rings is 2. The first-order chi connectivity index (χ1) is 16.0. The smallest absolute Gasteiger partial charge is 0.263 e. The number of anilines is 1. The highest BCUT2D eigenvalue weighted by atomic mass is 32.2. The van der Waals surface area contributed by atoms with E-state index in [1.165, 1.54) is 11.9 Å². The Morgan fingerprint density at radius 1 is 1.15 bits per heavy atom. The number of nitrogens with one attached hydrogen (secondary N) is 1. The van der Waals surface area contributed by atoms with E-state index >= 15 is 0 Å². The van der Waals surface area contributed by atoms with Gasteiger partial charge < -0.3 is 9.64 Å². The minimum atomic E-state index is -3.77. The van der Waals surface area contributed by atoms with Gasteiger partial charge in [0.1, 0.15) is 12.1 Å². The predicted molar refractivity (Wildman–Crippen MR) is 128 cm³/mol. The normalized spacial score (nSPS) is 21.8. The van der Waals surface area contributed by atoms with Crippen molar-refractivity contribution in [1.82, 2.24) is 19.2 Å². The van der Waals surface area contributed by atoms with E-state index in [0.717, 1.165) is 49.7 Å². The first kappa shape index (κ1) is 22.3. The van der Waals surface area contributed by atoms with Gasteiger partial charge in [-0.05, 0) is 18.2 Å². The van der Waals surface area contributed by atoms with E-state index in [1.807, 2.05) is 6.07 Å². The SMILES string of the molecule is CCN1CCN([C@H]2CCOc3cc(S(=O)(=O)Nc4ncns4)ccc32)[C@H](c2ccccc2)C1. The van der Waals surface area contributed by atoms with E-state index in [0.29, 0.717) is 12.4 Å². The van der Waals surface area contributed by atoms with Crippen molar-refractivity contribution in [2.75, 3.05) is 37.5 Å². The number of piperazine rings is 1. The molecule has 0 bridgehead atoms. The summed E-state index contributed by atoms with van der Waals surface area (Å²) in [4.78, 5) is 9.13. The third-order valence-corrected chi connectivity index (χ3v) is 8.47. The first-order valence-corrected chi connectivity index (χ1v) is 13.4. The van der Waals surface area contributed by atoms with Crippen LogP contribution in [-0.2, 0) is 10.0 Å². The molecule has 1 aromatic heterocycles. The molecule has 0 unspecified atom stereocenters. The summed E-state index contributed by atoms with van der Waals surface area (Å²) in [6, 6.07) is 16.3. The summed E-state index contributed by atoms with van der Waals surface area (Å²) in [6.45, 7) is 6.75. The summed E-state index contributed by atoms with van der Waals surface area (Å²) in [5.41, 5.74) is 2.35. The molecule has 33 heavy (non-hydrogen) atoms. The molecule has 8 nitrogen and oxygen atoms in total. The highest BCUT2D eigenvalue weighted by Gasteiger charge is 2.36. The highest BCUT2D eigenvalue weighted by Crippen LogP contribution is 2.42. The summed E-state index contributed by atoms with van der Waals surface area (Å²) in [5, 5.41) is 0.242. The Kier molecular flexibility index (Phi) is 6.33. The van der Waals surface area contributed by atoms with Gasteiger partial charge in [0.2, 0.25) is 5.13 Å². The highest BCUT2D eigenvalue weighted by molar-refractivity contribution is 7.93. The average molecular weight is 486 g/mol. The fourth-order valence-corrected chi connectivity index (χ4v) is 6.42. The van der Waals surface area contributed by atoms with Crippen molar-refractivity contribution >= 4 is 26.7 Å². The van der Waals surface area contributed by atoms with Crippen LogP contribution in [-0.4, -0.2) is 60.4 Å². The van der Waals surface area contributed by atoms with Crippen molar-refractivity contribution in [3.63, 3.8) is 0 Å². The summed E-state index contributed by atoms with van der Waals surface area (Å²) in [5.74, 6) is 0.635. The van der Waals surface area contributed by atoms with Gasteiger partial charge >= 0.3 is 0 Å². The second kappa shape index (κ2) is 9.38. The number of rotatable bonds is 6. The molecule has 2 aliphatic heterocycles. The van der Waals surface area contributed by atoms with Gasteiger partial charge in [0.25, 0.3) is 10.0 Å². The van der Waals surface area contributed by atoms with E-state index < -0.39 is 10.0 Å². The Hall–Kier alpha value is -2.53. The maximum atomic E-state index is 12.8. The quantitative estimate of drug-likeness (QED) is 0.571. The number of hydrogen-bond donors (Lipinski definition) is 1. The monoisotopic (exact) mass is 485 g/mol. The molecule has 0 radical (unpaired) electrons. The predicted octanol–water partition coefficient (Wildman–Crippen LogP) is 3.54. The molecule has 2 aliphatic rings. The maximum absolute atomic E-state index is 12.8. The molecule has 0 saturated carbocycles. The van der Waals surface area contributed by atoms with Crippen molar-refractivity contribution in [1.29, 1.82) is 0 Å². The van der Waals surface area contributed by atoms with Crippen molar-refractivity contribution in [3.8, 4) is 5.75 Å². The minimum Gasteiger partial charge on any atom is -0.493 e. The Morgan fingerprint density at radius 3 is 2.76 bits per heavy atom. The summed E-state index contributed by atoms with van der Waals surface area (Å²) < 4.78 is 37.9. The van der Waals surface area contributed by atoms with Crippen molar-refractivity contribution < 1.29 is 13.2 Å². The fourth-order valence-electron chi connectivity index (χ4n) is 4.74. The van der Waals surface area contributed by atoms with Crippen LogP contribution in [0.3, 0.4) is 0 Å². The molecule has 5 rings (SSSR count). The molecule has 0 aliphatic carbocycles. The minimum absolute atomic E-state index is 0.160. The molecule has 0 spiro atoms. The Labute approximate surface area is 198 Å². The second-order valence-electron chi connectivity index (χ2n) is 8.26. The lowest BCUT2D eigenvalue weighted by Gasteiger charge is -2.46. The zero-order chi connectivity index (χ0) is 22.8. The number of fused-ring (bicyclic) bond motifs is 1. The molecule has 1 saturated heterocycles. The van der Waals surface area contributed by atoms with E-state index in [-0.39, 0.29) is 22.1 Å². The van der Waals surface area contributed by atoms with Gasteiger partial charge in [0.05, 0.1) is 11.5 Å². The molecule has 3 aromatic rings. The van der Waals surface area contributed by atoms with Gasteiger partial charge in [0.15, 0.2) is 0 Å². The van der Waals surface area contributed by atoms with Crippen LogP contribution in [0, 0.1) is 0 Å². The molecule has 10 heteroatoms. The Morgan fingerprint density at radius 2 is 2.00 bits per heavy atom. The number of nitrogens with zero attached hydrogens (tertiary/aromatic N) is 4. The van der Waals surface area contributed by atoms with Crippen LogP contribution in [0.2, 0.25) is 0 Å². The van der Waals surface area contributed by atoms with E-state index in [9.17, 15) is 8.42 Å². The number of aromatic nitrogens is 2. The van der Waals surface area contributed by atoms with Crippen molar-refractivity contribution in [2.45, 2.75) is 30.3 Å². The van der Waals surface area contributed by atoms with Crippen LogP contribution in [0.4, 0.5) is 5.13 Å². The number of hydrogen-bond acceptors (Lipinski definition) is 8. The molecule has 0 amide bonds. The molecule has 3 heterocycles. The molecular weight excluding hydrogens is 458 g/mol. The molecular formula is C23H27N5O3S2. The molecule has 1 N–H and O–H groups in total. The standard InChI is InChI=1S/C23H27N5O3S2/c1-2-27-11-12-28(21(15-27)17-6-4-3-5-7-17)20-10-13-31-22-14-18(8-9-19(20)22)33(29,30)26-23-24-16-25-32-23/h3-9,14,16,20-21H,2,10-13,15H2,1H3,(H,24,25,26)/t20-,21-/m0/s1. The number of sulfonamides is 1. The topological polar surface area (TPSA) is 87.7 Å². The largest absolute Gasteiger partial charge is 0.493 e.